The molecule has 4 rings (SSSR count). The monoisotopic (exact) mass is 410 g/mol. The Kier molecular flexibility index (Phi) is 5.35. The van der Waals surface area contributed by atoms with Gasteiger partial charge in [0.05, 0.1) is 0 Å². The van der Waals surface area contributed by atoms with Gasteiger partial charge in [0, 0.05) is 5.69 Å². The van der Waals surface area contributed by atoms with E-state index in [4.69, 9.17) is 17.0 Å². The van der Waals surface area contributed by atoms with Crippen LogP contribution in [0.1, 0.15) is 32.1 Å². The SMILES string of the molecule is O=C1NC2(CCCCC2)C(=O)N1NC(=S)Nc1ccc(Oc2ccccc2)cc1. The molecule has 7 nitrogen and oxygen atoms in total. The Morgan fingerprint density at radius 1 is 0.966 bits per heavy atom. The Balaban J connectivity index is 1.35. The van der Waals surface area contributed by atoms with Crippen LogP contribution in [0.4, 0.5) is 10.5 Å². The van der Waals surface area contributed by atoms with E-state index in [1.807, 2.05) is 42.5 Å². The fourth-order valence-corrected chi connectivity index (χ4v) is 3.92. The van der Waals surface area contributed by atoms with E-state index in [2.05, 4.69) is 16.1 Å². The van der Waals surface area contributed by atoms with E-state index in [0.29, 0.717) is 24.3 Å². The minimum absolute atomic E-state index is 0.165. The molecule has 2 aromatic carbocycles. The summed E-state index contributed by atoms with van der Waals surface area (Å²) in [6.07, 6.45) is 4.28. The number of carbonyl (C=O) groups excluding carboxylic acids is 2. The standard InChI is InChI=1S/C21H22N4O3S/c26-18-21(13-5-2-6-14-21)23-20(27)25(18)24-19(29)22-15-9-11-17(12-10-15)28-16-7-3-1-4-8-16/h1,3-4,7-12H,2,5-6,13-14H2,(H,23,27)(H2,22,24,29). The lowest BCUT2D eigenvalue weighted by molar-refractivity contribution is -0.133. The number of anilines is 1. The lowest BCUT2D eigenvalue weighted by Gasteiger charge is -2.30. The normalized spacial score (nSPS) is 17.7. The van der Waals surface area contributed by atoms with Crippen LogP contribution in [0, 0.1) is 0 Å². The number of urea groups is 1. The molecule has 0 aromatic heterocycles. The third-order valence-electron chi connectivity index (χ3n) is 5.17. The molecule has 8 heteroatoms. The number of hydrogen-bond donors (Lipinski definition) is 3. The van der Waals surface area contributed by atoms with Crippen molar-refractivity contribution in [1.82, 2.24) is 15.8 Å². The molecule has 1 spiro atoms. The van der Waals surface area contributed by atoms with Crippen molar-refractivity contribution in [3.8, 4) is 11.5 Å². The van der Waals surface area contributed by atoms with Gasteiger partial charge in [-0.15, -0.1) is 0 Å². The maximum Gasteiger partial charge on any atom is 0.344 e. The second kappa shape index (κ2) is 8.08. The van der Waals surface area contributed by atoms with Crippen LogP contribution in [0.25, 0.3) is 0 Å². The molecule has 1 aliphatic heterocycles. The maximum atomic E-state index is 12.8. The molecular weight excluding hydrogens is 388 g/mol. The van der Waals surface area contributed by atoms with E-state index in [9.17, 15) is 9.59 Å². The highest BCUT2D eigenvalue weighted by Crippen LogP contribution is 2.33. The van der Waals surface area contributed by atoms with E-state index in [1.54, 1.807) is 12.1 Å². The van der Waals surface area contributed by atoms with Gasteiger partial charge in [-0.05, 0) is 61.5 Å². The molecule has 1 heterocycles. The summed E-state index contributed by atoms with van der Waals surface area (Å²) in [5.74, 6) is 1.17. The molecule has 0 atom stereocenters. The molecule has 2 fully saturated rings. The lowest BCUT2D eigenvalue weighted by Crippen LogP contribution is -2.51. The number of imide groups is 1. The van der Waals surface area contributed by atoms with Gasteiger partial charge in [0.1, 0.15) is 17.0 Å². The molecule has 3 amide bonds. The fourth-order valence-electron chi connectivity index (χ4n) is 3.71. The van der Waals surface area contributed by atoms with Crippen LogP contribution < -0.4 is 20.8 Å². The molecule has 0 radical (unpaired) electrons. The smallest absolute Gasteiger partial charge is 0.344 e. The van der Waals surface area contributed by atoms with Crippen molar-refractivity contribution in [3.05, 3.63) is 54.6 Å². The summed E-state index contributed by atoms with van der Waals surface area (Å²) in [6.45, 7) is 0. The molecule has 150 valence electrons. The number of rotatable bonds is 4. The number of hydrogen-bond acceptors (Lipinski definition) is 4. The van der Waals surface area contributed by atoms with Crippen molar-refractivity contribution in [1.29, 1.82) is 0 Å². The molecule has 3 N–H and O–H groups in total. The molecule has 29 heavy (non-hydrogen) atoms. The van der Waals surface area contributed by atoms with Crippen molar-refractivity contribution in [3.63, 3.8) is 0 Å². The minimum Gasteiger partial charge on any atom is -0.457 e. The summed E-state index contributed by atoms with van der Waals surface area (Å²) >= 11 is 5.28. The first-order valence-corrected chi connectivity index (χ1v) is 10.0. The molecule has 2 aromatic rings. The van der Waals surface area contributed by atoms with Crippen LogP contribution in [0.2, 0.25) is 0 Å². The minimum atomic E-state index is -0.783. The largest absolute Gasteiger partial charge is 0.457 e. The second-order valence-electron chi connectivity index (χ2n) is 7.22. The summed E-state index contributed by atoms with van der Waals surface area (Å²) in [5, 5.41) is 6.97. The zero-order valence-electron chi connectivity index (χ0n) is 15.8. The average Bonchev–Trinajstić information content (AvgIpc) is 2.95. The second-order valence-corrected chi connectivity index (χ2v) is 7.63. The highest BCUT2D eigenvalue weighted by molar-refractivity contribution is 7.80. The first kappa shape index (κ1) is 19.2. The van der Waals surface area contributed by atoms with E-state index < -0.39 is 11.6 Å². The van der Waals surface area contributed by atoms with Crippen LogP contribution in [0.5, 0.6) is 11.5 Å². The van der Waals surface area contributed by atoms with Gasteiger partial charge in [-0.3, -0.25) is 10.2 Å². The van der Waals surface area contributed by atoms with Gasteiger partial charge in [0.15, 0.2) is 5.11 Å². The number of para-hydroxylation sites is 1. The van der Waals surface area contributed by atoms with Gasteiger partial charge in [0.2, 0.25) is 0 Å². The first-order chi connectivity index (χ1) is 14.1. The molecule has 1 saturated carbocycles. The predicted octanol–water partition coefficient (Wildman–Crippen LogP) is 3.94. The van der Waals surface area contributed by atoms with Crippen LogP contribution >= 0.6 is 12.2 Å². The zero-order valence-corrected chi connectivity index (χ0v) is 16.6. The number of benzene rings is 2. The number of hydrazine groups is 1. The van der Waals surface area contributed by atoms with Crippen LogP contribution in [0.3, 0.4) is 0 Å². The van der Waals surface area contributed by atoms with Crippen molar-refractivity contribution >= 4 is 35.0 Å². The Hall–Kier alpha value is -3.13. The van der Waals surface area contributed by atoms with Crippen molar-refractivity contribution in [2.45, 2.75) is 37.6 Å². The molecule has 1 aliphatic carbocycles. The van der Waals surface area contributed by atoms with Gasteiger partial charge < -0.3 is 15.4 Å². The van der Waals surface area contributed by atoms with E-state index in [0.717, 1.165) is 30.0 Å². The van der Waals surface area contributed by atoms with Gasteiger partial charge in [0.25, 0.3) is 5.91 Å². The molecular formula is C21H22N4O3S. The Labute approximate surface area is 174 Å². The number of nitrogens with zero attached hydrogens (tertiary/aromatic N) is 1. The topological polar surface area (TPSA) is 82.7 Å². The summed E-state index contributed by atoms with van der Waals surface area (Å²) in [6, 6.07) is 16.3. The number of thiocarbonyl (C=S) groups is 1. The van der Waals surface area contributed by atoms with Gasteiger partial charge in [-0.2, -0.15) is 5.01 Å². The Morgan fingerprint density at radius 2 is 1.62 bits per heavy atom. The first-order valence-electron chi connectivity index (χ1n) is 9.63. The maximum absolute atomic E-state index is 12.8. The van der Waals surface area contributed by atoms with E-state index in [1.165, 1.54) is 0 Å². The number of nitrogens with one attached hydrogen (secondary N) is 3. The van der Waals surface area contributed by atoms with Gasteiger partial charge in [-0.25, -0.2) is 4.79 Å². The third kappa shape index (κ3) is 4.17. The highest BCUT2D eigenvalue weighted by Gasteiger charge is 2.51. The van der Waals surface area contributed by atoms with E-state index >= 15 is 0 Å². The van der Waals surface area contributed by atoms with Crippen LogP contribution in [-0.2, 0) is 4.79 Å². The number of carbonyl (C=O) groups is 2. The van der Waals surface area contributed by atoms with Crippen molar-refractivity contribution < 1.29 is 14.3 Å². The third-order valence-corrected chi connectivity index (χ3v) is 5.37. The summed E-state index contributed by atoms with van der Waals surface area (Å²) in [5.41, 5.74) is 2.64. The molecule has 0 unspecified atom stereocenters. The summed E-state index contributed by atoms with van der Waals surface area (Å²) in [7, 11) is 0. The van der Waals surface area contributed by atoms with Crippen molar-refractivity contribution in [2.24, 2.45) is 0 Å². The number of ether oxygens (including phenoxy) is 1. The zero-order chi connectivity index (χ0) is 20.3. The van der Waals surface area contributed by atoms with Crippen LogP contribution in [-0.4, -0.2) is 27.6 Å². The lowest BCUT2D eigenvalue weighted by atomic mass is 9.82. The molecule has 0 bridgehead atoms. The average molecular weight is 410 g/mol. The summed E-state index contributed by atoms with van der Waals surface area (Å²) in [4.78, 5) is 25.1. The number of amides is 3. The van der Waals surface area contributed by atoms with Gasteiger partial charge in [-0.1, -0.05) is 37.5 Å². The predicted molar refractivity (Wildman–Crippen MR) is 114 cm³/mol. The Morgan fingerprint density at radius 3 is 2.31 bits per heavy atom. The van der Waals surface area contributed by atoms with Crippen molar-refractivity contribution in [2.75, 3.05) is 5.32 Å². The quantitative estimate of drug-likeness (QED) is 0.523. The molecule has 2 aliphatic rings. The highest BCUT2D eigenvalue weighted by atomic mass is 32.1. The fraction of sp³-hybridized carbons (Fsp3) is 0.286. The Bertz CT molecular complexity index is 911. The summed E-state index contributed by atoms with van der Waals surface area (Å²) < 4.78 is 5.76. The van der Waals surface area contributed by atoms with Crippen LogP contribution in [0.15, 0.2) is 54.6 Å². The van der Waals surface area contributed by atoms with Gasteiger partial charge >= 0.3 is 6.03 Å². The van der Waals surface area contributed by atoms with E-state index in [-0.39, 0.29) is 11.0 Å². The molecule has 1 saturated heterocycles.